The van der Waals surface area contributed by atoms with Crippen molar-refractivity contribution in [3.63, 3.8) is 0 Å². The molecular formula is C19H18FN3O5S. The number of aryl methyl sites for hydroxylation is 1. The first-order chi connectivity index (χ1) is 13.8. The fourth-order valence-electron chi connectivity index (χ4n) is 2.37. The number of esters is 1. The van der Waals surface area contributed by atoms with Crippen molar-refractivity contribution in [2.75, 3.05) is 13.6 Å². The first-order valence-electron chi connectivity index (χ1n) is 8.53. The molecule has 8 nitrogen and oxygen atoms in total. The molecule has 3 rings (SSSR count). The van der Waals surface area contributed by atoms with Crippen molar-refractivity contribution >= 4 is 16.0 Å². The van der Waals surface area contributed by atoms with Gasteiger partial charge in [-0.1, -0.05) is 35.0 Å². The predicted octanol–water partition coefficient (Wildman–Crippen LogP) is 2.55. The highest BCUT2D eigenvalue weighted by Gasteiger charge is 2.24. The second-order valence-corrected chi connectivity index (χ2v) is 8.30. The Balaban J connectivity index is 1.57. The second-order valence-electron chi connectivity index (χ2n) is 6.25. The van der Waals surface area contributed by atoms with Crippen LogP contribution in [0, 0.1) is 12.7 Å². The Morgan fingerprint density at radius 3 is 2.45 bits per heavy atom. The normalized spacial score (nSPS) is 11.6. The number of likely N-dealkylation sites (N-methyl/N-ethyl adjacent to an activating group) is 1. The van der Waals surface area contributed by atoms with Crippen LogP contribution in [0.4, 0.5) is 4.39 Å². The molecular weight excluding hydrogens is 401 g/mol. The monoisotopic (exact) mass is 419 g/mol. The van der Waals surface area contributed by atoms with Gasteiger partial charge in [-0.2, -0.15) is 9.29 Å². The number of hydrogen-bond acceptors (Lipinski definition) is 7. The highest BCUT2D eigenvalue weighted by Crippen LogP contribution is 2.17. The third-order valence-corrected chi connectivity index (χ3v) is 5.83. The standard InChI is InChI=1S/C19H18FN3O5S/c1-13-3-5-14(6-4-13)19-21-17(28-22-19)12-27-18(24)11-23(2)29(25,26)16-9-7-15(20)8-10-16/h3-10H,11-12H2,1-2H3. The zero-order valence-corrected chi connectivity index (χ0v) is 16.5. The molecule has 1 aromatic heterocycles. The minimum absolute atomic E-state index is 0.0815. The highest BCUT2D eigenvalue weighted by molar-refractivity contribution is 7.89. The van der Waals surface area contributed by atoms with Crippen LogP contribution in [0.2, 0.25) is 0 Å². The van der Waals surface area contributed by atoms with Gasteiger partial charge in [0.25, 0.3) is 5.89 Å². The fourth-order valence-corrected chi connectivity index (χ4v) is 3.49. The zero-order valence-electron chi connectivity index (χ0n) is 15.7. The van der Waals surface area contributed by atoms with Crippen molar-refractivity contribution in [2.45, 2.75) is 18.4 Å². The Hall–Kier alpha value is -3.11. The Morgan fingerprint density at radius 2 is 1.79 bits per heavy atom. The lowest BCUT2D eigenvalue weighted by atomic mass is 10.1. The van der Waals surface area contributed by atoms with E-state index in [9.17, 15) is 17.6 Å². The van der Waals surface area contributed by atoms with Crippen LogP contribution < -0.4 is 0 Å². The van der Waals surface area contributed by atoms with E-state index in [1.165, 1.54) is 7.05 Å². The molecule has 0 atom stereocenters. The molecule has 29 heavy (non-hydrogen) atoms. The molecule has 0 aliphatic carbocycles. The number of nitrogens with zero attached hydrogens (tertiary/aromatic N) is 3. The minimum atomic E-state index is -3.95. The second kappa shape index (κ2) is 8.50. The summed E-state index contributed by atoms with van der Waals surface area (Å²) in [4.78, 5) is 16.0. The van der Waals surface area contributed by atoms with Gasteiger partial charge in [0.15, 0.2) is 6.61 Å². The van der Waals surface area contributed by atoms with E-state index in [2.05, 4.69) is 10.1 Å². The van der Waals surface area contributed by atoms with E-state index in [1.54, 1.807) is 0 Å². The molecule has 3 aromatic rings. The van der Waals surface area contributed by atoms with Crippen LogP contribution in [0.25, 0.3) is 11.4 Å². The lowest BCUT2D eigenvalue weighted by Gasteiger charge is -2.16. The average Bonchev–Trinajstić information content (AvgIpc) is 3.16. The van der Waals surface area contributed by atoms with Gasteiger partial charge in [0, 0.05) is 12.6 Å². The summed E-state index contributed by atoms with van der Waals surface area (Å²) in [5.74, 6) is -0.922. The quantitative estimate of drug-likeness (QED) is 0.542. The highest BCUT2D eigenvalue weighted by atomic mass is 32.2. The van der Waals surface area contributed by atoms with Gasteiger partial charge >= 0.3 is 5.97 Å². The number of benzene rings is 2. The summed E-state index contributed by atoms with van der Waals surface area (Å²) in [5.41, 5.74) is 1.84. The summed E-state index contributed by atoms with van der Waals surface area (Å²) in [5, 5.41) is 3.83. The Labute approximate surface area is 167 Å². The third kappa shape index (κ3) is 5.04. The predicted molar refractivity (Wildman–Crippen MR) is 100 cm³/mol. The fraction of sp³-hybridized carbons (Fsp3) is 0.211. The van der Waals surface area contributed by atoms with Gasteiger partial charge in [-0.3, -0.25) is 4.79 Å². The number of carbonyl (C=O) groups is 1. The van der Waals surface area contributed by atoms with Gasteiger partial charge in [0.05, 0.1) is 4.90 Å². The topological polar surface area (TPSA) is 103 Å². The maximum atomic E-state index is 13.0. The zero-order chi connectivity index (χ0) is 21.0. The van der Waals surface area contributed by atoms with Crippen molar-refractivity contribution in [3.8, 4) is 11.4 Å². The largest absolute Gasteiger partial charge is 0.455 e. The molecule has 2 aromatic carbocycles. The molecule has 0 aliphatic heterocycles. The number of sulfonamides is 1. The van der Waals surface area contributed by atoms with Crippen LogP contribution in [0.3, 0.4) is 0 Å². The SMILES string of the molecule is Cc1ccc(-c2noc(COC(=O)CN(C)S(=O)(=O)c3ccc(F)cc3)n2)cc1. The van der Waals surface area contributed by atoms with Crippen LogP contribution in [0.5, 0.6) is 0 Å². The van der Waals surface area contributed by atoms with Gasteiger partial charge in [-0.15, -0.1) is 0 Å². The van der Waals surface area contributed by atoms with E-state index in [4.69, 9.17) is 9.26 Å². The summed E-state index contributed by atoms with van der Waals surface area (Å²) < 4.78 is 48.6. The Kier molecular flexibility index (Phi) is 6.04. The van der Waals surface area contributed by atoms with E-state index in [1.807, 2.05) is 31.2 Å². The van der Waals surface area contributed by atoms with E-state index < -0.39 is 28.4 Å². The molecule has 0 bridgehead atoms. The third-order valence-electron chi connectivity index (χ3n) is 4.01. The Bertz CT molecular complexity index is 1100. The van der Waals surface area contributed by atoms with E-state index in [0.29, 0.717) is 5.82 Å². The van der Waals surface area contributed by atoms with Crippen LogP contribution in [0.15, 0.2) is 57.9 Å². The van der Waals surface area contributed by atoms with Crippen molar-refractivity contribution in [1.82, 2.24) is 14.4 Å². The van der Waals surface area contributed by atoms with Gasteiger partial charge in [0.1, 0.15) is 12.4 Å². The average molecular weight is 419 g/mol. The molecule has 1 heterocycles. The first-order valence-corrected chi connectivity index (χ1v) is 9.97. The van der Waals surface area contributed by atoms with Crippen LogP contribution in [-0.2, 0) is 26.2 Å². The minimum Gasteiger partial charge on any atom is -0.455 e. The molecule has 0 radical (unpaired) electrons. The molecule has 10 heteroatoms. The Morgan fingerprint density at radius 1 is 1.14 bits per heavy atom. The molecule has 0 unspecified atom stereocenters. The van der Waals surface area contributed by atoms with Crippen LogP contribution in [0.1, 0.15) is 11.5 Å². The maximum absolute atomic E-state index is 13.0. The lowest BCUT2D eigenvalue weighted by Crippen LogP contribution is -2.33. The molecule has 0 fully saturated rings. The van der Waals surface area contributed by atoms with Crippen LogP contribution >= 0.6 is 0 Å². The molecule has 0 saturated heterocycles. The van der Waals surface area contributed by atoms with Gasteiger partial charge in [-0.25, -0.2) is 12.8 Å². The summed E-state index contributed by atoms with van der Waals surface area (Å²) in [6.45, 7) is 1.14. The number of ether oxygens (including phenoxy) is 1. The van der Waals surface area contributed by atoms with E-state index >= 15 is 0 Å². The van der Waals surface area contributed by atoms with Crippen molar-refractivity contribution < 1.29 is 26.9 Å². The van der Waals surface area contributed by atoms with Crippen molar-refractivity contribution in [3.05, 3.63) is 65.8 Å². The lowest BCUT2D eigenvalue weighted by molar-refractivity contribution is -0.145. The van der Waals surface area contributed by atoms with E-state index in [-0.39, 0.29) is 17.4 Å². The summed E-state index contributed by atoms with van der Waals surface area (Å²) in [6.07, 6.45) is 0. The number of halogens is 1. The summed E-state index contributed by atoms with van der Waals surface area (Å²) in [6, 6.07) is 11.8. The van der Waals surface area contributed by atoms with Gasteiger partial charge < -0.3 is 9.26 Å². The number of carbonyl (C=O) groups excluding carboxylic acids is 1. The maximum Gasteiger partial charge on any atom is 0.321 e. The van der Waals surface area contributed by atoms with E-state index in [0.717, 1.165) is 39.7 Å². The molecule has 0 aliphatic rings. The molecule has 152 valence electrons. The molecule has 0 spiro atoms. The molecule has 0 saturated carbocycles. The van der Waals surface area contributed by atoms with Crippen molar-refractivity contribution in [1.29, 1.82) is 0 Å². The molecule has 0 N–H and O–H groups in total. The van der Waals surface area contributed by atoms with Crippen molar-refractivity contribution in [2.24, 2.45) is 0 Å². The van der Waals surface area contributed by atoms with Gasteiger partial charge in [0.2, 0.25) is 15.8 Å². The number of hydrogen-bond donors (Lipinski definition) is 0. The number of rotatable bonds is 7. The number of aromatic nitrogens is 2. The smallest absolute Gasteiger partial charge is 0.321 e. The molecule has 0 amide bonds. The van der Waals surface area contributed by atoms with Crippen LogP contribution in [-0.4, -0.2) is 42.4 Å². The first kappa shape index (κ1) is 20.6. The van der Waals surface area contributed by atoms with Gasteiger partial charge in [-0.05, 0) is 31.2 Å². The summed E-state index contributed by atoms with van der Waals surface area (Å²) in [7, 11) is -2.73. The summed E-state index contributed by atoms with van der Waals surface area (Å²) >= 11 is 0.